The van der Waals surface area contributed by atoms with E-state index in [1.54, 1.807) is 18.2 Å². The van der Waals surface area contributed by atoms with Gasteiger partial charge >= 0.3 is 0 Å². The third-order valence-corrected chi connectivity index (χ3v) is 1.37. The van der Waals surface area contributed by atoms with E-state index >= 15 is 0 Å². The molecule has 12 heavy (non-hydrogen) atoms. The third kappa shape index (κ3) is 1.72. The van der Waals surface area contributed by atoms with Gasteiger partial charge in [0.2, 0.25) is 5.78 Å². The SMILES string of the molecule is O=NC(F)C(=O)c1ccccc1. The summed E-state index contributed by atoms with van der Waals surface area (Å²) in [6.45, 7) is 0. The van der Waals surface area contributed by atoms with Crippen molar-refractivity contribution in [1.29, 1.82) is 0 Å². The van der Waals surface area contributed by atoms with Gasteiger partial charge in [-0.2, -0.15) is 0 Å². The first-order valence-electron chi connectivity index (χ1n) is 3.31. The summed E-state index contributed by atoms with van der Waals surface area (Å²) in [5.41, 5.74) is 0.157. The molecular weight excluding hydrogens is 161 g/mol. The second kappa shape index (κ2) is 3.71. The van der Waals surface area contributed by atoms with Crippen LogP contribution in [0.3, 0.4) is 0 Å². The van der Waals surface area contributed by atoms with Crippen LogP contribution < -0.4 is 0 Å². The molecule has 3 nitrogen and oxygen atoms in total. The minimum Gasteiger partial charge on any atom is -0.288 e. The standard InChI is InChI=1S/C8H6FNO2/c9-8(10-12)7(11)6-4-2-1-3-5-6/h1-5,8H. The Morgan fingerprint density at radius 2 is 1.92 bits per heavy atom. The molecule has 0 saturated carbocycles. The fraction of sp³-hybridized carbons (Fsp3) is 0.125. The molecule has 0 aliphatic rings. The van der Waals surface area contributed by atoms with Gasteiger partial charge in [-0.25, -0.2) is 4.39 Å². The third-order valence-electron chi connectivity index (χ3n) is 1.37. The first kappa shape index (κ1) is 8.52. The molecule has 1 aromatic carbocycles. The van der Waals surface area contributed by atoms with Crippen LogP contribution in [-0.2, 0) is 0 Å². The smallest absolute Gasteiger partial charge is 0.288 e. The Morgan fingerprint density at radius 3 is 2.42 bits per heavy atom. The molecule has 1 aromatic rings. The summed E-state index contributed by atoms with van der Waals surface area (Å²) in [6, 6.07) is 7.73. The van der Waals surface area contributed by atoms with Gasteiger partial charge in [-0.1, -0.05) is 30.3 Å². The molecule has 0 bridgehead atoms. The zero-order valence-electron chi connectivity index (χ0n) is 6.11. The number of nitroso groups, excluding NO2 is 1. The Labute approximate surface area is 68.2 Å². The van der Waals surface area contributed by atoms with Crippen LogP contribution in [0.5, 0.6) is 0 Å². The van der Waals surface area contributed by atoms with E-state index in [-0.39, 0.29) is 5.56 Å². The van der Waals surface area contributed by atoms with Crippen molar-refractivity contribution in [2.45, 2.75) is 6.30 Å². The molecule has 0 amide bonds. The van der Waals surface area contributed by atoms with Crippen molar-refractivity contribution in [1.82, 2.24) is 0 Å². The average molecular weight is 167 g/mol. The molecule has 0 aliphatic carbocycles. The second-order valence-electron chi connectivity index (χ2n) is 2.17. The molecule has 0 N–H and O–H groups in total. The van der Waals surface area contributed by atoms with Crippen LogP contribution in [0.15, 0.2) is 35.5 Å². The minimum atomic E-state index is -2.28. The summed E-state index contributed by atoms with van der Waals surface area (Å²) < 4.78 is 12.4. The molecule has 1 atom stereocenters. The summed E-state index contributed by atoms with van der Waals surface area (Å²) in [4.78, 5) is 20.6. The van der Waals surface area contributed by atoms with E-state index in [4.69, 9.17) is 0 Å². The molecule has 0 fully saturated rings. The molecular formula is C8H6FNO2. The quantitative estimate of drug-likeness (QED) is 0.392. The van der Waals surface area contributed by atoms with Crippen molar-refractivity contribution in [3.05, 3.63) is 40.8 Å². The first-order chi connectivity index (χ1) is 5.75. The minimum absolute atomic E-state index is 0.157. The molecule has 0 aliphatic heterocycles. The largest absolute Gasteiger partial charge is 0.292 e. The number of hydrogen-bond acceptors (Lipinski definition) is 3. The Kier molecular flexibility index (Phi) is 2.63. The summed E-state index contributed by atoms with van der Waals surface area (Å²) in [5.74, 6) is -0.898. The number of carbonyl (C=O) groups is 1. The van der Waals surface area contributed by atoms with Gasteiger partial charge in [-0.15, -0.1) is 4.91 Å². The lowest BCUT2D eigenvalue weighted by molar-refractivity contribution is 0.0883. The van der Waals surface area contributed by atoms with Gasteiger partial charge in [0.15, 0.2) is 0 Å². The van der Waals surface area contributed by atoms with Crippen molar-refractivity contribution in [3.63, 3.8) is 0 Å². The molecule has 4 heteroatoms. The topological polar surface area (TPSA) is 46.5 Å². The second-order valence-corrected chi connectivity index (χ2v) is 2.17. The van der Waals surface area contributed by atoms with Crippen molar-refractivity contribution < 1.29 is 9.18 Å². The van der Waals surface area contributed by atoms with Gasteiger partial charge in [0.1, 0.15) is 0 Å². The summed E-state index contributed by atoms with van der Waals surface area (Å²) in [5, 5.41) is 2.00. The van der Waals surface area contributed by atoms with Gasteiger partial charge in [0.25, 0.3) is 6.30 Å². The first-order valence-corrected chi connectivity index (χ1v) is 3.31. The highest BCUT2D eigenvalue weighted by atomic mass is 19.1. The van der Waals surface area contributed by atoms with Crippen LogP contribution in [0.4, 0.5) is 4.39 Å². The van der Waals surface area contributed by atoms with Crippen LogP contribution in [-0.4, -0.2) is 12.1 Å². The lowest BCUT2D eigenvalue weighted by Crippen LogP contribution is -2.12. The van der Waals surface area contributed by atoms with Crippen LogP contribution in [0.1, 0.15) is 10.4 Å². The van der Waals surface area contributed by atoms with Crippen molar-refractivity contribution in [2.75, 3.05) is 0 Å². The van der Waals surface area contributed by atoms with Crippen molar-refractivity contribution in [2.24, 2.45) is 5.18 Å². The zero-order valence-corrected chi connectivity index (χ0v) is 6.11. The number of carbonyl (C=O) groups excluding carboxylic acids is 1. The molecule has 0 aromatic heterocycles. The van der Waals surface area contributed by atoms with E-state index in [9.17, 15) is 14.1 Å². The van der Waals surface area contributed by atoms with Gasteiger partial charge in [0, 0.05) is 5.56 Å². The highest BCUT2D eigenvalue weighted by Crippen LogP contribution is 2.06. The fourth-order valence-electron chi connectivity index (χ4n) is 0.788. The molecule has 1 unspecified atom stereocenters. The number of nitrogens with zero attached hydrogens (tertiary/aromatic N) is 1. The van der Waals surface area contributed by atoms with E-state index in [1.165, 1.54) is 12.1 Å². The van der Waals surface area contributed by atoms with E-state index in [0.29, 0.717) is 0 Å². The van der Waals surface area contributed by atoms with Gasteiger partial charge < -0.3 is 0 Å². The van der Waals surface area contributed by atoms with Crippen LogP contribution >= 0.6 is 0 Å². The van der Waals surface area contributed by atoms with E-state index in [0.717, 1.165) is 0 Å². The summed E-state index contributed by atoms with van der Waals surface area (Å²) >= 11 is 0. The Bertz CT molecular complexity index is 286. The number of alkyl halides is 1. The predicted molar refractivity (Wildman–Crippen MR) is 41.5 cm³/mol. The molecule has 1 rings (SSSR count). The van der Waals surface area contributed by atoms with Crippen LogP contribution in [0.25, 0.3) is 0 Å². The molecule has 0 spiro atoms. The Balaban J connectivity index is 2.85. The number of rotatable bonds is 3. The van der Waals surface area contributed by atoms with Crippen molar-refractivity contribution in [3.8, 4) is 0 Å². The highest BCUT2D eigenvalue weighted by Gasteiger charge is 2.18. The number of ketones is 1. The molecule has 62 valence electrons. The maximum atomic E-state index is 12.4. The molecule has 0 heterocycles. The zero-order chi connectivity index (χ0) is 8.97. The number of halogens is 1. The maximum Gasteiger partial charge on any atom is 0.292 e. The van der Waals surface area contributed by atoms with Crippen LogP contribution in [0.2, 0.25) is 0 Å². The number of benzene rings is 1. The number of hydrogen-bond donors (Lipinski definition) is 0. The normalized spacial score (nSPS) is 12.1. The van der Waals surface area contributed by atoms with E-state index in [2.05, 4.69) is 0 Å². The molecule has 0 saturated heterocycles. The highest BCUT2D eigenvalue weighted by molar-refractivity contribution is 5.99. The van der Waals surface area contributed by atoms with E-state index < -0.39 is 12.1 Å². The number of Topliss-reactive ketones (excluding diaryl/α,β-unsaturated/α-hetero) is 1. The van der Waals surface area contributed by atoms with Gasteiger partial charge in [-0.3, -0.25) is 4.79 Å². The fourth-order valence-corrected chi connectivity index (χ4v) is 0.788. The maximum absolute atomic E-state index is 12.4. The monoisotopic (exact) mass is 167 g/mol. The lowest BCUT2D eigenvalue weighted by Gasteiger charge is -1.97. The summed E-state index contributed by atoms with van der Waals surface area (Å²) in [7, 11) is 0. The average Bonchev–Trinajstić information content (AvgIpc) is 2.17. The summed E-state index contributed by atoms with van der Waals surface area (Å²) in [6.07, 6.45) is -2.28. The lowest BCUT2D eigenvalue weighted by atomic mass is 10.1. The van der Waals surface area contributed by atoms with Crippen LogP contribution in [0, 0.1) is 4.91 Å². The van der Waals surface area contributed by atoms with Crippen molar-refractivity contribution >= 4 is 5.78 Å². The van der Waals surface area contributed by atoms with E-state index in [1.807, 2.05) is 5.18 Å². The van der Waals surface area contributed by atoms with Gasteiger partial charge in [-0.05, 0) is 5.18 Å². The predicted octanol–water partition coefficient (Wildman–Crippen LogP) is 1.93. The Hall–Kier alpha value is -1.58. The van der Waals surface area contributed by atoms with Gasteiger partial charge in [0.05, 0.1) is 0 Å². The Morgan fingerprint density at radius 1 is 1.33 bits per heavy atom. The molecule has 0 radical (unpaired) electrons.